The van der Waals surface area contributed by atoms with E-state index in [4.69, 9.17) is 5.73 Å². The number of amides is 1. The van der Waals surface area contributed by atoms with Gasteiger partial charge in [0.05, 0.1) is 0 Å². The van der Waals surface area contributed by atoms with Crippen LogP contribution in [0.2, 0.25) is 0 Å². The minimum absolute atomic E-state index is 0.00629. The lowest BCUT2D eigenvalue weighted by Crippen LogP contribution is -2.30. The zero-order valence-corrected chi connectivity index (χ0v) is 16.8. The lowest BCUT2D eigenvalue weighted by molar-refractivity contribution is 0.0989. The van der Waals surface area contributed by atoms with Crippen molar-refractivity contribution in [2.75, 3.05) is 17.2 Å². The van der Waals surface area contributed by atoms with Crippen molar-refractivity contribution >= 4 is 17.3 Å². The summed E-state index contributed by atoms with van der Waals surface area (Å²) in [6.07, 6.45) is 0.858. The third-order valence-electron chi connectivity index (χ3n) is 5.16. The number of hydrogen-bond acceptors (Lipinski definition) is 2. The molecule has 138 valence electrons. The first kappa shape index (κ1) is 18.5. The number of nitrogens with zero attached hydrogens (tertiary/aromatic N) is 1. The largest absolute Gasteiger partial charge is 0.399 e. The molecular formula is C23H30N2O. The maximum absolute atomic E-state index is 13.3. The molecular weight excluding hydrogens is 320 g/mol. The van der Waals surface area contributed by atoms with Crippen molar-refractivity contribution in [1.82, 2.24) is 0 Å². The molecule has 1 aliphatic rings. The quantitative estimate of drug-likeness (QED) is 0.730. The third-order valence-corrected chi connectivity index (χ3v) is 5.16. The summed E-state index contributed by atoms with van der Waals surface area (Å²) in [6, 6.07) is 12.2. The first-order valence-electron chi connectivity index (χ1n) is 9.33. The molecule has 1 aliphatic heterocycles. The smallest absolute Gasteiger partial charge is 0.258 e. The van der Waals surface area contributed by atoms with E-state index in [-0.39, 0.29) is 16.7 Å². The van der Waals surface area contributed by atoms with Gasteiger partial charge in [-0.05, 0) is 64.3 Å². The Morgan fingerprint density at radius 1 is 0.923 bits per heavy atom. The molecule has 26 heavy (non-hydrogen) atoms. The van der Waals surface area contributed by atoms with E-state index >= 15 is 0 Å². The SMILES string of the molecule is CC(C)(C)c1cc(C(=O)N2CCc3cc(N)ccc32)cc(C(C)(C)C)c1. The number of nitrogens with two attached hydrogens (primary N) is 1. The molecule has 1 heterocycles. The Morgan fingerprint density at radius 2 is 1.50 bits per heavy atom. The van der Waals surface area contributed by atoms with Gasteiger partial charge in [-0.3, -0.25) is 4.79 Å². The van der Waals surface area contributed by atoms with Crippen LogP contribution in [-0.4, -0.2) is 12.5 Å². The Bertz CT molecular complexity index is 821. The number of benzene rings is 2. The number of anilines is 2. The Labute approximate surface area is 157 Å². The fourth-order valence-corrected chi connectivity index (χ4v) is 3.41. The van der Waals surface area contributed by atoms with Crippen LogP contribution >= 0.6 is 0 Å². The van der Waals surface area contributed by atoms with Crippen molar-refractivity contribution in [2.24, 2.45) is 0 Å². The van der Waals surface area contributed by atoms with Crippen molar-refractivity contribution in [1.29, 1.82) is 0 Å². The normalized spacial score (nSPS) is 14.5. The predicted molar refractivity (Wildman–Crippen MR) is 110 cm³/mol. The Kier molecular flexibility index (Phi) is 4.38. The van der Waals surface area contributed by atoms with Gasteiger partial charge in [0.25, 0.3) is 5.91 Å². The second kappa shape index (κ2) is 6.15. The number of hydrogen-bond donors (Lipinski definition) is 1. The van der Waals surface area contributed by atoms with Crippen LogP contribution in [0.3, 0.4) is 0 Å². The molecule has 0 unspecified atom stereocenters. The molecule has 3 rings (SSSR count). The number of nitrogen functional groups attached to an aromatic ring is 1. The van der Waals surface area contributed by atoms with Gasteiger partial charge in [0.15, 0.2) is 0 Å². The molecule has 0 aromatic heterocycles. The lowest BCUT2D eigenvalue weighted by atomic mass is 9.79. The van der Waals surface area contributed by atoms with Crippen LogP contribution in [0, 0.1) is 0 Å². The summed E-state index contributed by atoms with van der Waals surface area (Å²) in [5.74, 6) is 0.0742. The molecule has 3 heteroatoms. The lowest BCUT2D eigenvalue weighted by Gasteiger charge is -2.27. The van der Waals surface area contributed by atoms with Crippen molar-refractivity contribution in [2.45, 2.75) is 58.8 Å². The number of carbonyl (C=O) groups is 1. The zero-order chi connectivity index (χ0) is 19.3. The van der Waals surface area contributed by atoms with Gasteiger partial charge in [0, 0.05) is 23.5 Å². The van der Waals surface area contributed by atoms with Crippen molar-refractivity contribution in [3.8, 4) is 0 Å². The highest BCUT2D eigenvalue weighted by Gasteiger charge is 2.28. The van der Waals surface area contributed by atoms with Crippen LogP contribution in [0.1, 0.15) is 68.6 Å². The highest BCUT2D eigenvalue weighted by atomic mass is 16.2. The summed E-state index contributed by atoms with van der Waals surface area (Å²) in [6.45, 7) is 13.9. The Morgan fingerprint density at radius 3 is 2.04 bits per heavy atom. The van der Waals surface area contributed by atoms with E-state index in [0.29, 0.717) is 6.54 Å². The fraction of sp³-hybridized carbons (Fsp3) is 0.435. The molecule has 3 nitrogen and oxygen atoms in total. The van der Waals surface area contributed by atoms with Crippen LogP contribution in [0.5, 0.6) is 0 Å². The number of carbonyl (C=O) groups excluding carboxylic acids is 1. The molecule has 2 aromatic carbocycles. The van der Waals surface area contributed by atoms with E-state index in [9.17, 15) is 4.79 Å². The molecule has 0 aliphatic carbocycles. The molecule has 0 bridgehead atoms. The standard InChI is InChI=1S/C23H30N2O/c1-22(2,3)17-11-16(12-18(14-17)23(4,5)6)21(26)25-10-9-15-13-19(24)7-8-20(15)25/h7-8,11-14H,9-10,24H2,1-6H3. The first-order valence-corrected chi connectivity index (χ1v) is 9.33. The van der Waals surface area contributed by atoms with Gasteiger partial charge in [0.1, 0.15) is 0 Å². The predicted octanol–water partition coefficient (Wildman–Crippen LogP) is 5.07. The van der Waals surface area contributed by atoms with E-state index in [1.165, 1.54) is 11.1 Å². The van der Waals surface area contributed by atoms with Gasteiger partial charge in [-0.1, -0.05) is 47.6 Å². The fourth-order valence-electron chi connectivity index (χ4n) is 3.41. The second-order valence-electron chi connectivity index (χ2n) is 9.39. The summed E-state index contributed by atoms with van der Waals surface area (Å²) >= 11 is 0. The maximum Gasteiger partial charge on any atom is 0.258 e. The van der Waals surface area contributed by atoms with Crippen LogP contribution in [0.15, 0.2) is 36.4 Å². The van der Waals surface area contributed by atoms with E-state index in [1.807, 2.05) is 23.1 Å². The summed E-state index contributed by atoms with van der Waals surface area (Å²) < 4.78 is 0. The Hall–Kier alpha value is -2.29. The van der Waals surface area contributed by atoms with Gasteiger partial charge in [0.2, 0.25) is 0 Å². The highest BCUT2D eigenvalue weighted by molar-refractivity contribution is 6.07. The van der Waals surface area contributed by atoms with Crippen molar-refractivity contribution in [3.63, 3.8) is 0 Å². The van der Waals surface area contributed by atoms with Crippen molar-refractivity contribution < 1.29 is 4.79 Å². The highest BCUT2D eigenvalue weighted by Crippen LogP contribution is 2.34. The molecule has 0 radical (unpaired) electrons. The van der Waals surface area contributed by atoms with Gasteiger partial charge in [-0.25, -0.2) is 0 Å². The van der Waals surface area contributed by atoms with Gasteiger partial charge < -0.3 is 10.6 Å². The van der Waals surface area contributed by atoms with Crippen LogP contribution < -0.4 is 10.6 Å². The van der Waals surface area contributed by atoms with Crippen LogP contribution in [0.25, 0.3) is 0 Å². The molecule has 1 amide bonds. The van der Waals surface area contributed by atoms with Crippen LogP contribution in [0.4, 0.5) is 11.4 Å². The molecule has 2 N–H and O–H groups in total. The number of rotatable bonds is 1. The molecule has 0 atom stereocenters. The molecule has 0 fully saturated rings. The second-order valence-corrected chi connectivity index (χ2v) is 9.39. The summed E-state index contributed by atoms with van der Waals surface area (Å²) in [5, 5.41) is 0. The average Bonchev–Trinajstić information content (AvgIpc) is 2.95. The van der Waals surface area contributed by atoms with Crippen LogP contribution in [-0.2, 0) is 17.3 Å². The van der Waals surface area contributed by atoms with E-state index in [0.717, 1.165) is 28.9 Å². The molecule has 0 saturated heterocycles. The van der Waals surface area contributed by atoms with Gasteiger partial charge in [-0.15, -0.1) is 0 Å². The molecule has 0 spiro atoms. The monoisotopic (exact) mass is 350 g/mol. The Balaban J connectivity index is 2.06. The number of fused-ring (bicyclic) bond motifs is 1. The van der Waals surface area contributed by atoms with Gasteiger partial charge >= 0.3 is 0 Å². The average molecular weight is 351 g/mol. The third kappa shape index (κ3) is 3.48. The zero-order valence-electron chi connectivity index (χ0n) is 16.8. The van der Waals surface area contributed by atoms with E-state index in [1.54, 1.807) is 0 Å². The minimum Gasteiger partial charge on any atom is -0.399 e. The van der Waals surface area contributed by atoms with E-state index in [2.05, 4.69) is 59.7 Å². The minimum atomic E-state index is -0.00629. The van der Waals surface area contributed by atoms with E-state index < -0.39 is 0 Å². The summed E-state index contributed by atoms with van der Waals surface area (Å²) in [5.41, 5.74) is 11.9. The summed E-state index contributed by atoms with van der Waals surface area (Å²) in [4.78, 5) is 15.2. The summed E-state index contributed by atoms with van der Waals surface area (Å²) in [7, 11) is 0. The van der Waals surface area contributed by atoms with Gasteiger partial charge in [-0.2, -0.15) is 0 Å². The molecule has 2 aromatic rings. The molecule has 0 saturated carbocycles. The van der Waals surface area contributed by atoms with Crippen molar-refractivity contribution in [3.05, 3.63) is 58.7 Å². The first-order chi connectivity index (χ1) is 12.0. The topological polar surface area (TPSA) is 46.3 Å². The maximum atomic E-state index is 13.3.